The van der Waals surface area contributed by atoms with E-state index in [0.717, 1.165) is 21.8 Å². The molecule has 6 heteroatoms. The zero-order valence-corrected chi connectivity index (χ0v) is 9.21. The highest BCUT2D eigenvalue weighted by molar-refractivity contribution is 7.99. The molecule has 0 saturated heterocycles. The van der Waals surface area contributed by atoms with Crippen LogP contribution in [0.2, 0.25) is 0 Å². The van der Waals surface area contributed by atoms with E-state index in [0.29, 0.717) is 0 Å². The van der Waals surface area contributed by atoms with Crippen molar-refractivity contribution in [1.82, 2.24) is 20.2 Å². The zero-order chi connectivity index (χ0) is 9.10. The molecule has 0 aliphatic rings. The van der Waals surface area contributed by atoms with Crippen LogP contribution in [0.15, 0.2) is 30.2 Å². The minimum Gasteiger partial charge on any atom is -0.343 e. The topological polar surface area (TPSA) is 54.5 Å². The minimum absolute atomic E-state index is 0. The van der Waals surface area contributed by atoms with Crippen LogP contribution in [0.4, 0.5) is 0 Å². The number of rotatable bonds is 3. The van der Waals surface area contributed by atoms with Gasteiger partial charge in [0.15, 0.2) is 0 Å². The highest BCUT2D eigenvalue weighted by Crippen LogP contribution is 2.21. The quantitative estimate of drug-likeness (QED) is 0.640. The number of thioether (sulfide) groups is 1. The minimum atomic E-state index is 0. The maximum absolute atomic E-state index is 4.16. The van der Waals surface area contributed by atoms with Gasteiger partial charge in [-0.2, -0.15) is 18.6 Å². The molecule has 2 aromatic rings. The van der Waals surface area contributed by atoms with Crippen molar-refractivity contribution >= 4 is 36.3 Å². The third-order valence-corrected chi connectivity index (χ3v) is 2.50. The third kappa shape index (κ3) is 2.08. The summed E-state index contributed by atoms with van der Waals surface area (Å²) in [5.41, 5.74) is 1.79. The Morgan fingerprint density at radius 2 is 2.43 bits per heavy atom. The van der Waals surface area contributed by atoms with Crippen LogP contribution >= 0.6 is 25.3 Å². The van der Waals surface area contributed by atoms with Crippen LogP contribution in [0.3, 0.4) is 0 Å². The van der Waals surface area contributed by atoms with Gasteiger partial charge >= 0.3 is 0 Å². The van der Waals surface area contributed by atoms with Gasteiger partial charge in [0.1, 0.15) is 10.5 Å². The summed E-state index contributed by atoms with van der Waals surface area (Å²) in [6, 6.07) is 0. The van der Waals surface area contributed by atoms with Gasteiger partial charge in [0, 0.05) is 5.75 Å². The highest BCUT2D eigenvalue weighted by atomic mass is 32.2. The molecule has 0 aliphatic carbocycles. The summed E-state index contributed by atoms with van der Waals surface area (Å²) in [6.45, 7) is 3.65. The fraction of sp³-hybridized carbons (Fsp3) is 0.125. The van der Waals surface area contributed by atoms with Gasteiger partial charge in [-0.3, -0.25) is 0 Å². The molecule has 0 fully saturated rings. The molecule has 74 valence electrons. The molecule has 1 N–H and O–H groups in total. The lowest BCUT2D eigenvalue weighted by Gasteiger charge is -1.95. The van der Waals surface area contributed by atoms with E-state index in [-0.39, 0.29) is 13.5 Å². The number of hydrogen-bond donors (Lipinski definition) is 1. The van der Waals surface area contributed by atoms with Crippen LogP contribution in [0.1, 0.15) is 0 Å². The number of nitrogens with one attached hydrogen (secondary N) is 1. The number of hydrogen-bond acceptors (Lipinski definition) is 4. The average Bonchev–Trinajstić information content (AvgIpc) is 2.62. The lowest BCUT2D eigenvalue weighted by atomic mass is 10.5. The van der Waals surface area contributed by atoms with Gasteiger partial charge in [-0.25, -0.2) is 4.98 Å². The number of aromatic amines is 1. The van der Waals surface area contributed by atoms with E-state index < -0.39 is 0 Å². The molecule has 0 unspecified atom stereocenters. The number of aromatic nitrogens is 4. The van der Waals surface area contributed by atoms with Crippen LogP contribution in [0, 0.1) is 0 Å². The van der Waals surface area contributed by atoms with Crippen molar-refractivity contribution in [2.75, 3.05) is 5.75 Å². The van der Waals surface area contributed by atoms with Crippen LogP contribution in [-0.2, 0) is 0 Å². The summed E-state index contributed by atoms with van der Waals surface area (Å²) in [4.78, 5) is 7.14. The zero-order valence-electron chi connectivity index (χ0n) is 7.40. The molecule has 2 aromatic heterocycles. The van der Waals surface area contributed by atoms with Gasteiger partial charge in [0.2, 0.25) is 0 Å². The first-order chi connectivity index (χ1) is 6.42. The Morgan fingerprint density at radius 3 is 3.21 bits per heavy atom. The summed E-state index contributed by atoms with van der Waals surface area (Å²) >= 11 is 1.58. The first kappa shape index (κ1) is 11.1. The molecule has 0 amide bonds. The van der Waals surface area contributed by atoms with Crippen molar-refractivity contribution in [3.05, 3.63) is 25.2 Å². The van der Waals surface area contributed by atoms with Gasteiger partial charge < -0.3 is 4.98 Å². The van der Waals surface area contributed by atoms with Crippen molar-refractivity contribution in [3.63, 3.8) is 0 Å². The lowest BCUT2D eigenvalue weighted by Crippen LogP contribution is -1.86. The molecule has 4 nitrogen and oxygen atoms in total. The molecule has 0 saturated carbocycles. The average molecular weight is 226 g/mol. The Labute approximate surface area is 92.7 Å². The van der Waals surface area contributed by atoms with Gasteiger partial charge in [-0.05, 0) is 0 Å². The van der Waals surface area contributed by atoms with Crippen LogP contribution < -0.4 is 0 Å². The van der Waals surface area contributed by atoms with Crippen molar-refractivity contribution in [2.24, 2.45) is 0 Å². The number of H-pyrrole nitrogens is 1. The predicted octanol–water partition coefficient (Wildman–Crippen LogP) is 1.74. The lowest BCUT2D eigenvalue weighted by molar-refractivity contribution is 0.950. The Morgan fingerprint density at radius 1 is 1.57 bits per heavy atom. The fourth-order valence-corrected chi connectivity index (χ4v) is 1.67. The molecule has 2 rings (SSSR count). The maximum Gasteiger partial charge on any atom is 0.147 e. The molecule has 14 heavy (non-hydrogen) atoms. The first-order valence-corrected chi connectivity index (χ1v) is 4.79. The number of imidazole rings is 1. The normalized spacial score (nSPS) is 9.71. The molecule has 0 atom stereocenters. The monoisotopic (exact) mass is 226 g/mol. The van der Waals surface area contributed by atoms with E-state index in [1.807, 2.05) is 6.08 Å². The number of fused-ring (bicyclic) bond motifs is 1. The molecular weight excluding hydrogens is 216 g/mol. The van der Waals surface area contributed by atoms with Gasteiger partial charge in [0.25, 0.3) is 0 Å². The second kappa shape index (κ2) is 5.02. The SMILES string of the molecule is C=CCSc1nncc2[nH]cnc12.S. The van der Waals surface area contributed by atoms with E-state index in [9.17, 15) is 0 Å². The van der Waals surface area contributed by atoms with E-state index in [4.69, 9.17) is 0 Å². The number of nitrogens with zero attached hydrogens (tertiary/aromatic N) is 3. The fourth-order valence-electron chi connectivity index (χ4n) is 0.995. The predicted molar refractivity (Wildman–Crippen MR) is 63.0 cm³/mol. The highest BCUT2D eigenvalue weighted by Gasteiger charge is 2.04. The van der Waals surface area contributed by atoms with E-state index in [1.165, 1.54) is 0 Å². The Kier molecular flexibility index (Phi) is 3.97. The van der Waals surface area contributed by atoms with E-state index in [2.05, 4.69) is 26.7 Å². The van der Waals surface area contributed by atoms with Crippen molar-refractivity contribution in [1.29, 1.82) is 0 Å². The second-order valence-corrected chi connectivity index (χ2v) is 3.42. The van der Waals surface area contributed by atoms with Gasteiger partial charge in [0.05, 0.1) is 18.0 Å². The molecular formula is C8H10N4S2. The van der Waals surface area contributed by atoms with Crippen LogP contribution in [0.5, 0.6) is 0 Å². The smallest absolute Gasteiger partial charge is 0.147 e. The summed E-state index contributed by atoms with van der Waals surface area (Å²) in [7, 11) is 0. The summed E-state index contributed by atoms with van der Waals surface area (Å²) in [6.07, 6.45) is 5.14. The molecule has 0 aromatic carbocycles. The Bertz CT molecular complexity index is 426. The Balaban J connectivity index is 0.000000980. The largest absolute Gasteiger partial charge is 0.343 e. The van der Waals surface area contributed by atoms with Crippen molar-refractivity contribution < 1.29 is 0 Å². The summed E-state index contributed by atoms with van der Waals surface area (Å²) < 4.78 is 0. The maximum atomic E-state index is 4.16. The van der Waals surface area contributed by atoms with Gasteiger partial charge in [-0.15, -0.1) is 11.7 Å². The summed E-state index contributed by atoms with van der Waals surface area (Å²) in [5, 5.41) is 8.71. The van der Waals surface area contributed by atoms with E-state index >= 15 is 0 Å². The molecule has 0 bridgehead atoms. The molecule has 0 radical (unpaired) electrons. The van der Waals surface area contributed by atoms with Crippen molar-refractivity contribution in [2.45, 2.75) is 5.03 Å². The second-order valence-electron chi connectivity index (χ2n) is 2.41. The van der Waals surface area contributed by atoms with Gasteiger partial charge in [-0.1, -0.05) is 17.8 Å². The Hall–Kier alpha value is -1.01. The van der Waals surface area contributed by atoms with Crippen LogP contribution in [-0.4, -0.2) is 25.9 Å². The third-order valence-electron chi connectivity index (χ3n) is 1.54. The van der Waals surface area contributed by atoms with E-state index in [1.54, 1.807) is 24.3 Å². The van der Waals surface area contributed by atoms with Crippen LogP contribution in [0.25, 0.3) is 11.0 Å². The first-order valence-electron chi connectivity index (χ1n) is 3.80. The van der Waals surface area contributed by atoms with Crippen molar-refractivity contribution in [3.8, 4) is 0 Å². The molecule has 0 aliphatic heterocycles. The molecule has 2 heterocycles. The summed E-state index contributed by atoms with van der Waals surface area (Å²) in [5.74, 6) is 0.820. The standard InChI is InChI=1S/C8H8N4S.H2S/c1-2-3-13-8-7-6(4-11-12-8)9-5-10-7;/h2,4-5H,1,3H2,(H,9,10);1H2. The molecule has 0 spiro atoms.